The molecule has 1 heterocycles. The lowest BCUT2D eigenvalue weighted by atomic mass is 10.2. The molecule has 0 saturated carbocycles. The molecule has 3 aromatic carbocycles. The topological polar surface area (TPSA) is 4.93 Å². The Morgan fingerprint density at radius 1 is 0.500 bits per heavy atom. The highest BCUT2D eigenvalue weighted by molar-refractivity contribution is 6.07. The molecule has 0 N–H and O–H groups in total. The summed E-state index contributed by atoms with van der Waals surface area (Å²) in [5.74, 6) is 0. The molecule has 1 nitrogen and oxygen atoms in total. The molecule has 0 aliphatic heterocycles. The lowest BCUT2D eigenvalue weighted by molar-refractivity contribution is 1.01. The van der Waals surface area contributed by atoms with E-state index in [1.165, 1.54) is 21.8 Å². The largest absolute Gasteiger partial charge is 0.344 e. The summed E-state index contributed by atoms with van der Waals surface area (Å²) in [6.07, 6.45) is 0. The molecule has 98 valence electrons. The predicted molar refractivity (Wildman–Crippen MR) is 86.9 cm³/mol. The fourth-order valence-corrected chi connectivity index (χ4v) is 2.50. The van der Waals surface area contributed by atoms with Gasteiger partial charge in [-0.3, -0.25) is 0 Å². The predicted octanol–water partition coefficient (Wildman–Crippen LogP) is 5.02. The first-order valence-electron chi connectivity index (χ1n) is 6.80. The van der Waals surface area contributed by atoms with E-state index < -0.39 is 0 Å². The molecule has 0 spiro atoms. The minimum atomic E-state index is 1.30. The monoisotopic (exact) mass is 259 g/mol. The Labute approximate surface area is 119 Å². The van der Waals surface area contributed by atoms with Crippen molar-refractivity contribution in [1.29, 1.82) is 0 Å². The molecule has 4 rings (SSSR count). The Balaban J connectivity index is 0.000000170. The quantitative estimate of drug-likeness (QED) is 0.418. The number of benzene rings is 3. The van der Waals surface area contributed by atoms with Crippen LogP contribution in [0.15, 0.2) is 84.9 Å². The van der Waals surface area contributed by atoms with Crippen LogP contribution >= 0.6 is 0 Å². The average molecular weight is 259 g/mol. The minimum absolute atomic E-state index is 1.30. The van der Waals surface area contributed by atoms with Gasteiger partial charge in [0, 0.05) is 28.9 Å². The number of fused-ring (bicyclic) bond motifs is 3. The van der Waals surface area contributed by atoms with Gasteiger partial charge in [-0.15, -0.1) is 0 Å². The second-order valence-electron chi connectivity index (χ2n) is 4.75. The van der Waals surface area contributed by atoms with E-state index in [0.717, 1.165) is 0 Å². The van der Waals surface area contributed by atoms with Crippen LogP contribution in [0.1, 0.15) is 0 Å². The molecule has 0 unspecified atom stereocenters. The van der Waals surface area contributed by atoms with E-state index in [2.05, 4.69) is 60.1 Å². The van der Waals surface area contributed by atoms with Crippen LogP contribution in [0.2, 0.25) is 0 Å². The van der Waals surface area contributed by atoms with Crippen LogP contribution in [0.4, 0.5) is 0 Å². The molecule has 0 aliphatic carbocycles. The highest BCUT2D eigenvalue weighted by atomic mass is 14.9. The Bertz CT molecular complexity index is 733. The molecular weight excluding hydrogens is 242 g/mol. The summed E-state index contributed by atoms with van der Waals surface area (Å²) in [6, 6.07) is 29.0. The van der Waals surface area contributed by atoms with Gasteiger partial charge >= 0.3 is 0 Å². The van der Waals surface area contributed by atoms with Crippen molar-refractivity contribution >= 4 is 21.8 Å². The van der Waals surface area contributed by atoms with Crippen molar-refractivity contribution in [2.75, 3.05) is 0 Å². The van der Waals surface area contributed by atoms with E-state index in [-0.39, 0.29) is 0 Å². The maximum absolute atomic E-state index is 2.24. The number of para-hydroxylation sites is 2. The number of rotatable bonds is 0. The van der Waals surface area contributed by atoms with Gasteiger partial charge in [0.15, 0.2) is 0 Å². The van der Waals surface area contributed by atoms with Crippen molar-refractivity contribution in [3.05, 3.63) is 84.9 Å². The van der Waals surface area contributed by atoms with E-state index in [0.29, 0.717) is 0 Å². The molecule has 0 amide bonds. The normalized spacial score (nSPS) is 10.2. The first kappa shape index (κ1) is 12.5. The molecule has 20 heavy (non-hydrogen) atoms. The zero-order chi connectivity index (χ0) is 13.8. The SMILES string of the molecule is Cn1c2ccccc2c2ccccc21.c1ccccc1. The van der Waals surface area contributed by atoms with Crippen LogP contribution in [0, 0.1) is 0 Å². The molecule has 0 fully saturated rings. The van der Waals surface area contributed by atoms with Gasteiger partial charge in [-0.25, -0.2) is 0 Å². The summed E-state index contributed by atoms with van der Waals surface area (Å²) in [5.41, 5.74) is 2.60. The molecule has 0 atom stereocenters. The van der Waals surface area contributed by atoms with E-state index >= 15 is 0 Å². The van der Waals surface area contributed by atoms with E-state index in [1.807, 2.05) is 36.4 Å². The maximum atomic E-state index is 2.24. The van der Waals surface area contributed by atoms with Gasteiger partial charge in [-0.05, 0) is 12.1 Å². The van der Waals surface area contributed by atoms with Crippen LogP contribution in [0.3, 0.4) is 0 Å². The number of aryl methyl sites for hydroxylation is 1. The summed E-state index contributed by atoms with van der Waals surface area (Å²) >= 11 is 0. The zero-order valence-electron chi connectivity index (χ0n) is 11.5. The number of hydrogen-bond acceptors (Lipinski definition) is 0. The molecule has 4 aromatic rings. The molecular formula is C19H17N. The molecule has 1 heteroatoms. The van der Waals surface area contributed by atoms with Crippen LogP contribution < -0.4 is 0 Å². The van der Waals surface area contributed by atoms with Gasteiger partial charge in [0.05, 0.1) is 0 Å². The van der Waals surface area contributed by atoms with Crippen molar-refractivity contribution in [2.45, 2.75) is 0 Å². The summed E-state index contributed by atoms with van der Waals surface area (Å²) < 4.78 is 2.24. The lowest BCUT2D eigenvalue weighted by Crippen LogP contribution is -1.84. The highest BCUT2D eigenvalue weighted by Gasteiger charge is 2.04. The molecule has 0 radical (unpaired) electrons. The maximum Gasteiger partial charge on any atom is 0.0488 e. The lowest BCUT2D eigenvalue weighted by Gasteiger charge is -1.95. The minimum Gasteiger partial charge on any atom is -0.344 e. The van der Waals surface area contributed by atoms with Crippen LogP contribution in [-0.2, 0) is 7.05 Å². The van der Waals surface area contributed by atoms with Crippen molar-refractivity contribution in [1.82, 2.24) is 4.57 Å². The fraction of sp³-hybridized carbons (Fsp3) is 0.0526. The first-order valence-corrected chi connectivity index (χ1v) is 6.80. The molecule has 0 bridgehead atoms. The van der Waals surface area contributed by atoms with Crippen molar-refractivity contribution in [3.63, 3.8) is 0 Å². The standard InChI is InChI=1S/C13H11N.C6H6/c1-14-12-8-4-2-6-10(12)11-7-3-5-9-13(11)14;1-2-4-6-5-3-1/h2-9H,1H3;1-6H. The second kappa shape index (κ2) is 5.62. The number of nitrogens with zero attached hydrogens (tertiary/aromatic N) is 1. The fourth-order valence-electron chi connectivity index (χ4n) is 2.50. The molecule has 0 aliphatic rings. The smallest absolute Gasteiger partial charge is 0.0488 e. The third-order valence-corrected chi connectivity index (χ3v) is 3.49. The van der Waals surface area contributed by atoms with Gasteiger partial charge < -0.3 is 4.57 Å². The van der Waals surface area contributed by atoms with Gasteiger partial charge in [0.2, 0.25) is 0 Å². The Morgan fingerprint density at radius 3 is 1.25 bits per heavy atom. The van der Waals surface area contributed by atoms with E-state index in [1.54, 1.807) is 0 Å². The Kier molecular flexibility index (Phi) is 3.51. The van der Waals surface area contributed by atoms with Crippen LogP contribution in [-0.4, -0.2) is 4.57 Å². The summed E-state index contributed by atoms with van der Waals surface area (Å²) in [7, 11) is 2.12. The highest BCUT2D eigenvalue weighted by Crippen LogP contribution is 2.26. The Morgan fingerprint density at radius 2 is 0.850 bits per heavy atom. The van der Waals surface area contributed by atoms with Crippen molar-refractivity contribution in [2.24, 2.45) is 7.05 Å². The molecule has 1 aromatic heterocycles. The second-order valence-corrected chi connectivity index (χ2v) is 4.75. The van der Waals surface area contributed by atoms with Crippen LogP contribution in [0.25, 0.3) is 21.8 Å². The summed E-state index contributed by atoms with van der Waals surface area (Å²) in [6.45, 7) is 0. The van der Waals surface area contributed by atoms with Crippen LogP contribution in [0.5, 0.6) is 0 Å². The number of hydrogen-bond donors (Lipinski definition) is 0. The van der Waals surface area contributed by atoms with Gasteiger partial charge in [-0.2, -0.15) is 0 Å². The van der Waals surface area contributed by atoms with Crippen molar-refractivity contribution in [3.8, 4) is 0 Å². The van der Waals surface area contributed by atoms with Crippen molar-refractivity contribution < 1.29 is 0 Å². The summed E-state index contributed by atoms with van der Waals surface area (Å²) in [4.78, 5) is 0. The third-order valence-electron chi connectivity index (χ3n) is 3.49. The Hall–Kier alpha value is -2.54. The first-order chi connectivity index (χ1) is 9.88. The zero-order valence-corrected chi connectivity index (χ0v) is 11.5. The molecule has 0 saturated heterocycles. The van der Waals surface area contributed by atoms with Gasteiger partial charge in [-0.1, -0.05) is 72.8 Å². The third kappa shape index (κ3) is 2.30. The number of aromatic nitrogens is 1. The van der Waals surface area contributed by atoms with Gasteiger partial charge in [0.1, 0.15) is 0 Å². The van der Waals surface area contributed by atoms with Gasteiger partial charge in [0.25, 0.3) is 0 Å². The average Bonchev–Trinajstić information content (AvgIpc) is 2.84. The van der Waals surface area contributed by atoms with E-state index in [4.69, 9.17) is 0 Å². The van der Waals surface area contributed by atoms with E-state index in [9.17, 15) is 0 Å². The summed E-state index contributed by atoms with van der Waals surface area (Å²) in [5, 5.41) is 2.68.